The molecule has 0 aromatic rings. The van der Waals surface area contributed by atoms with Crippen molar-refractivity contribution in [2.75, 3.05) is 0 Å². The normalized spacial score (nSPS) is 49.8. The molecule has 8 fully saturated rings. The van der Waals surface area contributed by atoms with Crippen LogP contribution in [0.3, 0.4) is 0 Å². The summed E-state index contributed by atoms with van der Waals surface area (Å²) in [7, 11) is 0. The zero-order chi connectivity index (χ0) is 27.2. The Hall–Kier alpha value is 0. The highest BCUT2D eigenvalue weighted by Crippen LogP contribution is 2.64. The van der Waals surface area contributed by atoms with Gasteiger partial charge in [-0.25, -0.2) is 0 Å². The van der Waals surface area contributed by atoms with Crippen molar-refractivity contribution in [1.82, 2.24) is 0 Å². The number of fused-ring (bicyclic) bond motifs is 4. The summed E-state index contributed by atoms with van der Waals surface area (Å²) in [5.41, 5.74) is 0. The average Bonchev–Trinajstić information content (AvgIpc) is 3.04. The number of hydrogen-bond donors (Lipinski definition) is 0. The fraction of sp³-hybridized carbons (Fsp3) is 1.00. The summed E-state index contributed by atoms with van der Waals surface area (Å²) >= 11 is 0. The number of rotatable bonds is 4. The zero-order valence-electron chi connectivity index (χ0n) is 27.2. The minimum absolute atomic E-state index is 1.11. The first-order chi connectivity index (χ1) is 20.3. The molecule has 12 atom stereocenters. The Balaban J connectivity index is 1.09. The van der Waals surface area contributed by atoms with Gasteiger partial charge in [0.1, 0.15) is 0 Å². The first-order valence-electron chi connectivity index (χ1n) is 20.3. The summed E-state index contributed by atoms with van der Waals surface area (Å²) in [5.74, 6) is 15.8. The summed E-state index contributed by atoms with van der Waals surface area (Å²) in [6, 6.07) is 0. The van der Waals surface area contributed by atoms with Crippen LogP contribution in [0.2, 0.25) is 0 Å². The van der Waals surface area contributed by atoms with Crippen LogP contribution in [0.15, 0.2) is 0 Å². The van der Waals surface area contributed by atoms with Crippen LogP contribution in [-0.4, -0.2) is 0 Å². The van der Waals surface area contributed by atoms with Crippen LogP contribution >= 0.6 is 0 Å². The molecule has 0 N–H and O–H groups in total. The molecule has 0 aromatic carbocycles. The highest BCUT2D eigenvalue weighted by Gasteiger charge is 2.57. The predicted octanol–water partition coefficient (Wildman–Crippen LogP) is 12.3. The lowest BCUT2D eigenvalue weighted by atomic mass is 9.43. The third-order valence-electron chi connectivity index (χ3n) is 16.6. The van der Waals surface area contributed by atoms with Crippen molar-refractivity contribution in [2.24, 2.45) is 82.9 Å². The Morgan fingerprint density at radius 3 is 1.49 bits per heavy atom. The van der Waals surface area contributed by atoms with E-state index in [1.54, 1.807) is 173 Å². The van der Waals surface area contributed by atoms with Gasteiger partial charge in [-0.15, -0.1) is 0 Å². The molecule has 8 aliphatic carbocycles. The molecule has 0 heteroatoms. The Morgan fingerprint density at radius 2 is 0.756 bits per heavy atom. The topological polar surface area (TPSA) is 0 Å². The van der Waals surface area contributed by atoms with E-state index in [0.717, 1.165) is 82.9 Å². The maximum Gasteiger partial charge on any atom is -0.0321 e. The van der Waals surface area contributed by atoms with Gasteiger partial charge < -0.3 is 0 Å². The van der Waals surface area contributed by atoms with Crippen LogP contribution in [0.25, 0.3) is 0 Å². The predicted molar refractivity (Wildman–Crippen MR) is 174 cm³/mol. The lowest BCUT2D eigenvalue weighted by Gasteiger charge is -2.62. The summed E-state index contributed by atoms with van der Waals surface area (Å²) in [4.78, 5) is 0. The maximum absolute atomic E-state index is 1.69. The van der Waals surface area contributed by atoms with Gasteiger partial charge in [-0.1, -0.05) is 135 Å². The smallest absolute Gasteiger partial charge is 0.0321 e. The lowest BCUT2D eigenvalue weighted by molar-refractivity contribution is -0.136. The van der Waals surface area contributed by atoms with E-state index < -0.39 is 0 Å². The van der Waals surface area contributed by atoms with Crippen molar-refractivity contribution in [3.05, 3.63) is 0 Å². The molecule has 0 bridgehead atoms. The van der Waals surface area contributed by atoms with E-state index in [9.17, 15) is 0 Å². The molecule has 8 rings (SSSR count). The van der Waals surface area contributed by atoms with Crippen LogP contribution < -0.4 is 0 Å². The molecule has 0 amide bonds. The highest BCUT2D eigenvalue weighted by molar-refractivity contribution is 5.06. The second-order valence-electron chi connectivity index (χ2n) is 18.1. The second-order valence-corrected chi connectivity index (χ2v) is 18.1. The zero-order valence-corrected chi connectivity index (χ0v) is 27.2. The van der Waals surface area contributed by atoms with E-state index in [4.69, 9.17) is 0 Å². The van der Waals surface area contributed by atoms with E-state index in [0.29, 0.717) is 0 Å². The standard InChI is InChI=1S/C41H68/c1-3-13-28(14-4-1)39-35-22-9-10-23-36(35)40(29-15-5-2-6-16-29)41-34(21-12-24-37(39)41)26-33-20-11-19-32-25-30-17-7-8-18-31(30)27-38(32)33/h28-41H,1-27H2. The Bertz CT molecular complexity index is 831. The molecule has 0 aliphatic heterocycles. The second kappa shape index (κ2) is 12.8. The molecule has 8 aliphatic rings. The van der Waals surface area contributed by atoms with Crippen molar-refractivity contribution in [1.29, 1.82) is 0 Å². The van der Waals surface area contributed by atoms with Gasteiger partial charge in [-0.2, -0.15) is 0 Å². The summed E-state index contributed by atoms with van der Waals surface area (Å²) in [5, 5.41) is 0. The molecule has 41 heavy (non-hydrogen) atoms. The van der Waals surface area contributed by atoms with E-state index in [2.05, 4.69) is 0 Å². The average molecular weight is 561 g/mol. The summed E-state index contributed by atoms with van der Waals surface area (Å²) < 4.78 is 0. The van der Waals surface area contributed by atoms with Gasteiger partial charge in [0.25, 0.3) is 0 Å². The fourth-order valence-electron chi connectivity index (χ4n) is 15.3. The monoisotopic (exact) mass is 561 g/mol. The van der Waals surface area contributed by atoms with Gasteiger partial charge in [-0.05, 0) is 121 Å². The lowest BCUT2D eigenvalue weighted by Crippen LogP contribution is -2.56. The van der Waals surface area contributed by atoms with Crippen LogP contribution in [0.1, 0.15) is 173 Å². The molecule has 0 radical (unpaired) electrons. The first-order valence-corrected chi connectivity index (χ1v) is 20.3. The first kappa shape index (κ1) is 28.5. The quantitative estimate of drug-likeness (QED) is 0.321. The third kappa shape index (κ3) is 5.55. The summed E-state index contributed by atoms with van der Waals surface area (Å²) in [6.45, 7) is 0. The van der Waals surface area contributed by atoms with E-state index in [-0.39, 0.29) is 0 Å². The Kier molecular flexibility index (Phi) is 8.87. The molecular formula is C41H68. The van der Waals surface area contributed by atoms with Crippen LogP contribution in [0, 0.1) is 82.9 Å². The molecule has 0 nitrogen and oxygen atoms in total. The van der Waals surface area contributed by atoms with Crippen LogP contribution in [0.5, 0.6) is 0 Å². The van der Waals surface area contributed by atoms with Crippen molar-refractivity contribution < 1.29 is 0 Å². The fourth-order valence-corrected chi connectivity index (χ4v) is 15.3. The molecule has 8 saturated carbocycles. The van der Waals surface area contributed by atoms with Crippen molar-refractivity contribution in [2.45, 2.75) is 173 Å². The minimum atomic E-state index is 1.11. The SMILES string of the molecule is C1CCC(C2C3CCCCC3C(C3CCCCC3)C3C(CC4CCCC5CC6CCCCC6CC54)CCCC23)CC1. The Labute approximate surface area is 255 Å². The van der Waals surface area contributed by atoms with Gasteiger partial charge in [0.15, 0.2) is 0 Å². The van der Waals surface area contributed by atoms with Gasteiger partial charge in [0, 0.05) is 0 Å². The maximum atomic E-state index is 1.69. The molecular weight excluding hydrogens is 492 g/mol. The molecule has 0 aromatic heterocycles. The highest BCUT2D eigenvalue weighted by atomic mass is 14.6. The van der Waals surface area contributed by atoms with E-state index >= 15 is 0 Å². The Morgan fingerprint density at radius 1 is 0.268 bits per heavy atom. The molecule has 12 unspecified atom stereocenters. The largest absolute Gasteiger partial charge is 0.0533 e. The van der Waals surface area contributed by atoms with Crippen LogP contribution in [0.4, 0.5) is 0 Å². The summed E-state index contributed by atoms with van der Waals surface area (Å²) in [6.07, 6.45) is 43.3. The van der Waals surface area contributed by atoms with Crippen molar-refractivity contribution in [3.63, 3.8) is 0 Å². The van der Waals surface area contributed by atoms with E-state index in [1.807, 2.05) is 0 Å². The van der Waals surface area contributed by atoms with Gasteiger partial charge >= 0.3 is 0 Å². The van der Waals surface area contributed by atoms with Gasteiger partial charge in [0.05, 0.1) is 0 Å². The van der Waals surface area contributed by atoms with Crippen molar-refractivity contribution in [3.8, 4) is 0 Å². The van der Waals surface area contributed by atoms with Gasteiger partial charge in [0.2, 0.25) is 0 Å². The number of hydrogen-bond acceptors (Lipinski definition) is 0. The molecule has 0 saturated heterocycles. The van der Waals surface area contributed by atoms with E-state index in [1.165, 1.54) is 0 Å². The minimum Gasteiger partial charge on any atom is -0.0533 e. The molecule has 0 heterocycles. The molecule has 232 valence electrons. The molecule has 0 spiro atoms. The van der Waals surface area contributed by atoms with Crippen molar-refractivity contribution >= 4 is 0 Å². The van der Waals surface area contributed by atoms with Crippen LogP contribution in [-0.2, 0) is 0 Å². The third-order valence-corrected chi connectivity index (χ3v) is 16.6. The van der Waals surface area contributed by atoms with Gasteiger partial charge in [-0.3, -0.25) is 0 Å².